The first-order valence-electron chi connectivity index (χ1n) is 9.63. The topological polar surface area (TPSA) is 79.4 Å². The van der Waals surface area contributed by atoms with Crippen LogP contribution in [0, 0.1) is 5.82 Å². The number of carbonyl (C=O) groups excluding carboxylic acids is 1. The van der Waals surface area contributed by atoms with Crippen molar-refractivity contribution in [2.75, 3.05) is 6.54 Å². The lowest BCUT2D eigenvalue weighted by Gasteiger charge is -2.33. The highest BCUT2D eigenvalue weighted by molar-refractivity contribution is 5.99. The number of halogens is 1. The van der Waals surface area contributed by atoms with Crippen LogP contribution in [0.25, 0.3) is 16.5 Å². The molecule has 1 atom stereocenters. The van der Waals surface area contributed by atoms with Gasteiger partial charge in [0.25, 0.3) is 5.91 Å². The zero-order valence-corrected chi connectivity index (χ0v) is 15.7. The van der Waals surface area contributed by atoms with Gasteiger partial charge in [0.15, 0.2) is 5.69 Å². The van der Waals surface area contributed by atoms with Crippen LogP contribution >= 0.6 is 0 Å². The maximum absolute atomic E-state index is 14.3. The lowest BCUT2D eigenvalue weighted by Crippen LogP contribution is -2.40. The summed E-state index contributed by atoms with van der Waals surface area (Å²) in [6.07, 6.45) is 5.72. The predicted octanol–water partition coefficient (Wildman–Crippen LogP) is 3.73. The molecule has 0 fully saturated rings. The number of benzene rings is 1. The van der Waals surface area contributed by atoms with Gasteiger partial charge in [0.2, 0.25) is 0 Å². The Morgan fingerprint density at radius 2 is 2.13 bits per heavy atom. The molecule has 0 bridgehead atoms. The molecule has 7 nitrogen and oxygen atoms in total. The molecule has 1 aromatic carbocycles. The van der Waals surface area contributed by atoms with Crippen molar-refractivity contribution in [2.24, 2.45) is 0 Å². The van der Waals surface area contributed by atoms with Crippen LogP contribution in [0.1, 0.15) is 33.7 Å². The van der Waals surface area contributed by atoms with E-state index < -0.39 is 6.04 Å². The Kier molecular flexibility index (Phi) is 3.55. The summed E-state index contributed by atoms with van der Waals surface area (Å²) >= 11 is 0. The second kappa shape index (κ2) is 6.28. The molecule has 4 aromatic heterocycles. The molecule has 5 heterocycles. The molecule has 148 valence electrons. The van der Waals surface area contributed by atoms with Gasteiger partial charge >= 0.3 is 0 Å². The number of furan rings is 1. The minimum atomic E-state index is -0.570. The summed E-state index contributed by atoms with van der Waals surface area (Å²) in [5.74, 6) is -0.109. The van der Waals surface area contributed by atoms with E-state index in [1.807, 2.05) is 28.8 Å². The molecule has 1 N–H and O–H groups in total. The Morgan fingerprint density at radius 3 is 3.03 bits per heavy atom. The van der Waals surface area contributed by atoms with Crippen LogP contribution in [0.15, 0.2) is 65.7 Å². The minimum absolute atomic E-state index is 0.219. The standard InChI is InChI=1S/C22H16FN5O2/c23-14-4-3-6-17-13(14)10-18(30-17)21-19-15(24-11-25-19)7-9-28(21)22(29)20-16-5-1-2-8-27(16)12-26-20/h1-6,8,10-12,21H,7,9H2,(H,24,25)/t21-/m1/s1. The number of aromatic nitrogens is 4. The fourth-order valence-corrected chi connectivity index (χ4v) is 4.21. The van der Waals surface area contributed by atoms with Crippen LogP contribution in [0.3, 0.4) is 0 Å². The van der Waals surface area contributed by atoms with Gasteiger partial charge in [-0.05, 0) is 30.3 Å². The molecule has 5 aromatic rings. The fraction of sp³-hybridized carbons (Fsp3) is 0.136. The highest BCUT2D eigenvalue weighted by Gasteiger charge is 2.38. The number of pyridine rings is 1. The summed E-state index contributed by atoms with van der Waals surface area (Å²) in [6, 6.07) is 11.4. The van der Waals surface area contributed by atoms with Crippen LogP contribution in [-0.4, -0.2) is 36.7 Å². The fourth-order valence-electron chi connectivity index (χ4n) is 4.21. The first-order valence-corrected chi connectivity index (χ1v) is 9.63. The smallest absolute Gasteiger partial charge is 0.275 e. The zero-order chi connectivity index (χ0) is 20.2. The van der Waals surface area contributed by atoms with Crippen LogP contribution in [0.5, 0.6) is 0 Å². The predicted molar refractivity (Wildman–Crippen MR) is 107 cm³/mol. The van der Waals surface area contributed by atoms with Crippen LogP contribution in [-0.2, 0) is 6.42 Å². The average Bonchev–Trinajstić information content (AvgIpc) is 3.50. The van der Waals surface area contributed by atoms with Crippen molar-refractivity contribution in [3.8, 4) is 0 Å². The highest BCUT2D eigenvalue weighted by atomic mass is 19.1. The molecule has 0 aliphatic carbocycles. The van der Waals surface area contributed by atoms with E-state index in [4.69, 9.17) is 4.42 Å². The first kappa shape index (κ1) is 17.0. The van der Waals surface area contributed by atoms with Gasteiger partial charge in [0.05, 0.1) is 22.9 Å². The summed E-state index contributed by atoms with van der Waals surface area (Å²) in [6.45, 7) is 0.462. The maximum atomic E-state index is 14.3. The van der Waals surface area contributed by atoms with Crippen molar-refractivity contribution < 1.29 is 13.6 Å². The van der Waals surface area contributed by atoms with Crippen LogP contribution in [0.4, 0.5) is 4.39 Å². The third kappa shape index (κ3) is 2.40. The molecule has 0 saturated carbocycles. The largest absolute Gasteiger partial charge is 0.458 e. The molecule has 1 aliphatic rings. The van der Waals surface area contributed by atoms with E-state index in [1.165, 1.54) is 6.07 Å². The van der Waals surface area contributed by atoms with Gasteiger partial charge in [0.1, 0.15) is 29.5 Å². The summed E-state index contributed by atoms with van der Waals surface area (Å²) < 4.78 is 22.1. The second-order valence-corrected chi connectivity index (χ2v) is 7.30. The van der Waals surface area contributed by atoms with Crippen LogP contribution in [0.2, 0.25) is 0 Å². The minimum Gasteiger partial charge on any atom is -0.458 e. The lowest BCUT2D eigenvalue weighted by atomic mass is 9.99. The van der Waals surface area contributed by atoms with E-state index in [1.54, 1.807) is 35.8 Å². The van der Waals surface area contributed by atoms with E-state index >= 15 is 0 Å². The number of nitrogens with one attached hydrogen (secondary N) is 1. The highest BCUT2D eigenvalue weighted by Crippen LogP contribution is 2.37. The van der Waals surface area contributed by atoms with Gasteiger partial charge in [-0.15, -0.1) is 0 Å². The number of rotatable bonds is 2. The Labute approximate surface area is 169 Å². The Bertz CT molecular complexity index is 1420. The second-order valence-electron chi connectivity index (χ2n) is 7.30. The molecule has 0 unspecified atom stereocenters. The molecule has 0 spiro atoms. The van der Waals surface area contributed by atoms with Crippen molar-refractivity contribution in [1.29, 1.82) is 0 Å². The maximum Gasteiger partial charge on any atom is 0.275 e. The Morgan fingerprint density at radius 1 is 1.20 bits per heavy atom. The van der Waals surface area contributed by atoms with Crippen molar-refractivity contribution in [3.63, 3.8) is 0 Å². The van der Waals surface area contributed by atoms with Gasteiger partial charge in [-0.25, -0.2) is 14.4 Å². The number of amides is 1. The van der Waals surface area contributed by atoms with Crippen molar-refractivity contribution >= 4 is 22.4 Å². The number of hydrogen-bond acceptors (Lipinski definition) is 4. The van der Waals surface area contributed by atoms with Gasteiger partial charge in [-0.3, -0.25) is 4.79 Å². The summed E-state index contributed by atoms with van der Waals surface area (Å²) in [7, 11) is 0. The number of fused-ring (bicyclic) bond motifs is 3. The molecule has 6 rings (SSSR count). The zero-order valence-electron chi connectivity index (χ0n) is 15.7. The molecule has 0 saturated heterocycles. The summed E-state index contributed by atoms with van der Waals surface area (Å²) in [5.41, 5.74) is 3.18. The van der Waals surface area contributed by atoms with E-state index in [9.17, 15) is 9.18 Å². The van der Waals surface area contributed by atoms with Gasteiger partial charge in [0, 0.05) is 24.9 Å². The molecular formula is C22H16FN5O2. The number of aromatic amines is 1. The average molecular weight is 401 g/mol. The molecule has 1 amide bonds. The normalized spacial score (nSPS) is 16.3. The van der Waals surface area contributed by atoms with E-state index in [0.717, 1.165) is 11.2 Å². The number of carbonyl (C=O) groups is 1. The SMILES string of the molecule is O=C(c1ncn2ccccc12)N1CCc2[nH]cnc2[C@H]1c1cc2c(F)cccc2o1. The molecule has 30 heavy (non-hydrogen) atoms. The number of nitrogens with zero attached hydrogens (tertiary/aromatic N) is 4. The molecule has 8 heteroatoms. The summed E-state index contributed by atoms with van der Waals surface area (Å²) in [5, 5.41) is 0.384. The van der Waals surface area contributed by atoms with Gasteiger partial charge in [-0.2, -0.15) is 0 Å². The van der Waals surface area contributed by atoms with Gasteiger partial charge in [-0.1, -0.05) is 12.1 Å². The van der Waals surface area contributed by atoms with Gasteiger partial charge < -0.3 is 18.7 Å². The van der Waals surface area contributed by atoms with Crippen LogP contribution < -0.4 is 0 Å². The third-order valence-electron chi connectivity index (χ3n) is 5.63. The molecular weight excluding hydrogens is 385 g/mol. The Balaban J connectivity index is 1.50. The number of imidazole rings is 2. The third-order valence-corrected chi connectivity index (χ3v) is 5.63. The monoisotopic (exact) mass is 401 g/mol. The van der Waals surface area contributed by atoms with Crippen molar-refractivity contribution in [1.82, 2.24) is 24.3 Å². The number of H-pyrrole nitrogens is 1. The number of hydrogen-bond donors (Lipinski definition) is 1. The van der Waals surface area contributed by atoms with E-state index in [2.05, 4.69) is 15.0 Å². The summed E-state index contributed by atoms with van der Waals surface area (Å²) in [4.78, 5) is 27.2. The lowest BCUT2D eigenvalue weighted by molar-refractivity contribution is 0.0669. The van der Waals surface area contributed by atoms with Crippen molar-refractivity contribution in [2.45, 2.75) is 12.5 Å². The quantitative estimate of drug-likeness (QED) is 0.489. The van der Waals surface area contributed by atoms with Crippen molar-refractivity contribution in [3.05, 3.63) is 90.0 Å². The molecule has 1 aliphatic heterocycles. The van der Waals surface area contributed by atoms with E-state index in [-0.39, 0.29) is 11.7 Å². The first-order chi connectivity index (χ1) is 14.7. The van der Waals surface area contributed by atoms with E-state index in [0.29, 0.717) is 41.1 Å². The Hall–Kier alpha value is -3.94. The molecule has 0 radical (unpaired) electrons.